The number of hydrogen-bond acceptors (Lipinski definition) is 5. The molecule has 0 radical (unpaired) electrons. The van der Waals surface area contributed by atoms with Gasteiger partial charge in [-0.15, -0.1) is 11.3 Å². The summed E-state index contributed by atoms with van der Waals surface area (Å²) in [6.45, 7) is 1.83. The van der Waals surface area contributed by atoms with Crippen LogP contribution in [0.3, 0.4) is 0 Å². The summed E-state index contributed by atoms with van der Waals surface area (Å²) in [4.78, 5) is 28.6. The Morgan fingerprint density at radius 1 is 1.14 bits per heavy atom. The molecule has 1 fully saturated rings. The van der Waals surface area contributed by atoms with Crippen molar-refractivity contribution in [1.29, 1.82) is 0 Å². The molecule has 1 saturated carbocycles. The summed E-state index contributed by atoms with van der Waals surface area (Å²) in [5.74, 6) is -0.189. The van der Waals surface area contributed by atoms with Gasteiger partial charge >= 0.3 is 5.97 Å². The van der Waals surface area contributed by atoms with Gasteiger partial charge in [0.25, 0.3) is 5.91 Å². The normalized spacial score (nSPS) is 14.2. The number of ether oxygens (including phenoxy) is 1. The minimum Gasteiger partial charge on any atom is -0.456 e. The summed E-state index contributed by atoms with van der Waals surface area (Å²) >= 11 is 1.65. The van der Waals surface area contributed by atoms with E-state index in [-0.39, 0.29) is 18.5 Å². The highest BCUT2D eigenvalue weighted by Crippen LogP contribution is 2.31. The standard InChI is InChI=1S/C23H24N2O3S/c1-15-6-11-19-20(12-15)29-23(25-19)17-7-9-18(10-8-17)24-21(26)14-28-22(27)13-16-4-2-3-5-16/h6-12,16H,2-5,13-14H2,1H3,(H,24,26). The summed E-state index contributed by atoms with van der Waals surface area (Å²) in [7, 11) is 0. The lowest BCUT2D eigenvalue weighted by Gasteiger charge is -2.09. The van der Waals surface area contributed by atoms with Crippen molar-refractivity contribution in [2.75, 3.05) is 11.9 Å². The molecule has 1 heterocycles. The number of benzene rings is 2. The van der Waals surface area contributed by atoms with Crippen molar-refractivity contribution in [2.24, 2.45) is 5.92 Å². The fourth-order valence-corrected chi connectivity index (χ4v) is 4.77. The molecular weight excluding hydrogens is 384 g/mol. The maximum atomic E-state index is 12.1. The van der Waals surface area contributed by atoms with Crippen molar-refractivity contribution < 1.29 is 14.3 Å². The fourth-order valence-electron chi connectivity index (χ4n) is 3.70. The second kappa shape index (κ2) is 8.74. The molecule has 3 aromatic rings. The molecule has 0 bridgehead atoms. The van der Waals surface area contributed by atoms with Gasteiger partial charge in [-0.3, -0.25) is 9.59 Å². The average Bonchev–Trinajstić information content (AvgIpc) is 3.36. The van der Waals surface area contributed by atoms with Gasteiger partial charge in [-0.25, -0.2) is 4.98 Å². The molecule has 5 nitrogen and oxygen atoms in total. The van der Waals surface area contributed by atoms with Crippen LogP contribution < -0.4 is 5.32 Å². The van der Waals surface area contributed by atoms with Gasteiger partial charge < -0.3 is 10.1 Å². The lowest BCUT2D eigenvalue weighted by Crippen LogP contribution is -2.21. The monoisotopic (exact) mass is 408 g/mol. The largest absolute Gasteiger partial charge is 0.456 e. The summed E-state index contributed by atoms with van der Waals surface area (Å²) in [5, 5.41) is 3.72. The Labute approximate surface area is 174 Å². The molecule has 0 aliphatic heterocycles. The van der Waals surface area contributed by atoms with Gasteiger partial charge in [-0.1, -0.05) is 18.9 Å². The second-order valence-electron chi connectivity index (χ2n) is 7.63. The van der Waals surface area contributed by atoms with E-state index in [0.29, 0.717) is 18.0 Å². The van der Waals surface area contributed by atoms with E-state index in [0.717, 1.165) is 33.6 Å². The van der Waals surface area contributed by atoms with Crippen LogP contribution in [0.15, 0.2) is 42.5 Å². The maximum Gasteiger partial charge on any atom is 0.306 e. The minimum atomic E-state index is -0.326. The average molecular weight is 409 g/mol. The highest BCUT2D eigenvalue weighted by molar-refractivity contribution is 7.21. The Morgan fingerprint density at radius 3 is 2.66 bits per heavy atom. The number of carbonyl (C=O) groups excluding carboxylic acids is 2. The molecule has 0 unspecified atom stereocenters. The van der Waals surface area contributed by atoms with Crippen LogP contribution in [0.4, 0.5) is 5.69 Å². The number of aryl methyl sites for hydroxylation is 1. The summed E-state index contributed by atoms with van der Waals surface area (Å²) in [6.07, 6.45) is 4.96. The van der Waals surface area contributed by atoms with E-state index in [4.69, 9.17) is 4.74 Å². The highest BCUT2D eigenvalue weighted by atomic mass is 32.1. The summed E-state index contributed by atoms with van der Waals surface area (Å²) in [6, 6.07) is 13.8. The van der Waals surface area contributed by atoms with Gasteiger partial charge in [0.1, 0.15) is 5.01 Å². The zero-order valence-corrected chi connectivity index (χ0v) is 17.3. The second-order valence-corrected chi connectivity index (χ2v) is 8.66. The van der Waals surface area contributed by atoms with Crippen LogP contribution in [0.2, 0.25) is 0 Å². The quantitative estimate of drug-likeness (QED) is 0.560. The van der Waals surface area contributed by atoms with Gasteiger partial charge in [0, 0.05) is 17.7 Å². The third kappa shape index (κ3) is 5.01. The molecule has 0 saturated heterocycles. The molecule has 1 amide bonds. The number of rotatable bonds is 6. The van der Waals surface area contributed by atoms with Crippen LogP contribution in [-0.4, -0.2) is 23.5 Å². The van der Waals surface area contributed by atoms with Gasteiger partial charge in [-0.05, 0) is 67.6 Å². The first-order valence-electron chi connectivity index (χ1n) is 10.00. The Hall–Kier alpha value is -2.73. The maximum absolute atomic E-state index is 12.1. The van der Waals surface area contributed by atoms with Gasteiger partial charge in [0.15, 0.2) is 6.61 Å². The third-order valence-corrected chi connectivity index (χ3v) is 6.32. The van der Waals surface area contributed by atoms with Gasteiger partial charge in [0.2, 0.25) is 0 Å². The first-order chi connectivity index (χ1) is 14.1. The molecule has 4 rings (SSSR count). The number of nitrogens with zero attached hydrogens (tertiary/aromatic N) is 1. The smallest absolute Gasteiger partial charge is 0.306 e. The van der Waals surface area contributed by atoms with Crippen LogP contribution in [0.5, 0.6) is 0 Å². The molecule has 1 aliphatic rings. The number of thiazole rings is 1. The number of aromatic nitrogens is 1. The van der Waals surface area contributed by atoms with Crippen LogP contribution in [-0.2, 0) is 14.3 Å². The zero-order valence-electron chi connectivity index (χ0n) is 16.4. The number of esters is 1. The Kier molecular flexibility index (Phi) is 5.90. The fraction of sp³-hybridized carbons (Fsp3) is 0.348. The summed E-state index contributed by atoms with van der Waals surface area (Å²) < 4.78 is 6.28. The van der Waals surface area contributed by atoms with Crippen molar-refractivity contribution in [3.63, 3.8) is 0 Å². The van der Waals surface area contributed by atoms with Crippen LogP contribution in [0, 0.1) is 12.8 Å². The molecule has 2 aromatic carbocycles. The first kappa shape index (κ1) is 19.6. The van der Waals surface area contributed by atoms with Crippen molar-refractivity contribution in [3.8, 4) is 10.6 Å². The zero-order chi connectivity index (χ0) is 20.2. The lowest BCUT2D eigenvalue weighted by atomic mass is 10.1. The number of carbonyl (C=O) groups is 2. The third-order valence-electron chi connectivity index (χ3n) is 5.25. The molecule has 0 atom stereocenters. The molecule has 29 heavy (non-hydrogen) atoms. The van der Waals surface area contributed by atoms with Crippen molar-refractivity contribution in [3.05, 3.63) is 48.0 Å². The van der Waals surface area contributed by atoms with Crippen LogP contribution in [0.25, 0.3) is 20.8 Å². The minimum absolute atomic E-state index is 0.246. The van der Waals surface area contributed by atoms with Crippen LogP contribution in [0.1, 0.15) is 37.7 Å². The Balaban J connectivity index is 1.31. The van der Waals surface area contributed by atoms with E-state index < -0.39 is 0 Å². The van der Waals surface area contributed by atoms with Crippen molar-refractivity contribution in [2.45, 2.75) is 39.0 Å². The number of nitrogens with one attached hydrogen (secondary N) is 1. The molecule has 150 valence electrons. The van der Waals surface area contributed by atoms with Gasteiger partial charge in [-0.2, -0.15) is 0 Å². The number of amides is 1. The number of fused-ring (bicyclic) bond motifs is 1. The highest BCUT2D eigenvalue weighted by Gasteiger charge is 2.19. The van der Waals surface area contributed by atoms with E-state index in [1.165, 1.54) is 18.4 Å². The molecule has 0 spiro atoms. The predicted molar refractivity (Wildman–Crippen MR) is 116 cm³/mol. The molecule has 1 N–H and O–H groups in total. The van der Waals surface area contributed by atoms with Crippen molar-refractivity contribution >= 4 is 39.1 Å². The molecule has 6 heteroatoms. The predicted octanol–water partition coefficient (Wildman–Crippen LogP) is 5.33. The van der Waals surface area contributed by atoms with E-state index >= 15 is 0 Å². The molecule has 1 aromatic heterocycles. The Morgan fingerprint density at radius 2 is 1.90 bits per heavy atom. The van der Waals surface area contributed by atoms with E-state index in [1.807, 2.05) is 30.3 Å². The summed E-state index contributed by atoms with van der Waals surface area (Å²) in [5.41, 5.74) is 3.88. The van der Waals surface area contributed by atoms with Crippen molar-refractivity contribution in [1.82, 2.24) is 4.98 Å². The number of hydrogen-bond donors (Lipinski definition) is 1. The first-order valence-corrected chi connectivity index (χ1v) is 10.8. The van der Waals surface area contributed by atoms with Gasteiger partial charge in [0.05, 0.1) is 10.2 Å². The lowest BCUT2D eigenvalue weighted by molar-refractivity contribution is -0.148. The molecular formula is C23H24N2O3S. The topological polar surface area (TPSA) is 68.3 Å². The van der Waals surface area contributed by atoms with E-state index in [2.05, 4.69) is 29.4 Å². The van der Waals surface area contributed by atoms with E-state index in [1.54, 1.807) is 11.3 Å². The SMILES string of the molecule is Cc1ccc2nc(-c3ccc(NC(=O)COC(=O)CC4CCCC4)cc3)sc2c1. The van der Waals surface area contributed by atoms with Crippen LogP contribution >= 0.6 is 11.3 Å². The molecule has 1 aliphatic carbocycles. The van der Waals surface area contributed by atoms with E-state index in [9.17, 15) is 9.59 Å². The number of anilines is 1. The Bertz CT molecular complexity index is 1020.